The van der Waals surface area contributed by atoms with Gasteiger partial charge in [-0.1, -0.05) is 6.42 Å². The summed E-state index contributed by atoms with van der Waals surface area (Å²) in [5.41, 5.74) is -0.619. The van der Waals surface area contributed by atoms with Gasteiger partial charge in [0.25, 0.3) is 0 Å². The number of nitrogens with one attached hydrogen (secondary N) is 1. The molecule has 0 saturated heterocycles. The van der Waals surface area contributed by atoms with E-state index in [1.54, 1.807) is 0 Å². The highest BCUT2D eigenvalue weighted by Crippen LogP contribution is 2.49. The third-order valence-electron chi connectivity index (χ3n) is 5.01. The van der Waals surface area contributed by atoms with Gasteiger partial charge in [0.05, 0.1) is 5.60 Å². The molecule has 0 aromatic carbocycles. The Balaban J connectivity index is 1.87. The lowest BCUT2D eigenvalue weighted by atomic mass is 9.83. The van der Waals surface area contributed by atoms with E-state index in [0.29, 0.717) is 6.04 Å². The number of hydrogen-bond donors (Lipinski definition) is 2. The van der Waals surface area contributed by atoms with E-state index in [2.05, 4.69) is 19.2 Å². The van der Waals surface area contributed by atoms with Crippen molar-refractivity contribution in [2.24, 2.45) is 17.8 Å². The summed E-state index contributed by atoms with van der Waals surface area (Å²) in [7, 11) is 0. The Labute approximate surface area is 99.8 Å². The van der Waals surface area contributed by atoms with Crippen molar-refractivity contribution in [1.29, 1.82) is 0 Å². The van der Waals surface area contributed by atoms with Crippen LogP contribution in [-0.4, -0.2) is 22.8 Å². The molecule has 94 valence electrons. The van der Waals surface area contributed by atoms with Crippen molar-refractivity contribution in [3.8, 4) is 0 Å². The molecule has 2 saturated carbocycles. The normalized spacial score (nSPS) is 37.7. The van der Waals surface area contributed by atoms with Crippen LogP contribution in [-0.2, 0) is 0 Å². The fraction of sp³-hybridized carbons (Fsp3) is 1.00. The SMILES string of the molecule is CC(NC(C)C(C)(C)O)C1CC2CCC1C2. The van der Waals surface area contributed by atoms with Crippen molar-refractivity contribution in [3.63, 3.8) is 0 Å². The van der Waals surface area contributed by atoms with E-state index in [9.17, 15) is 5.11 Å². The smallest absolute Gasteiger partial charge is 0.0741 e. The molecular weight excluding hydrogens is 198 g/mol. The molecule has 0 aromatic heterocycles. The average molecular weight is 225 g/mol. The van der Waals surface area contributed by atoms with E-state index in [4.69, 9.17) is 0 Å². The molecule has 2 aliphatic rings. The topological polar surface area (TPSA) is 32.3 Å². The Bertz CT molecular complexity index is 246. The van der Waals surface area contributed by atoms with Crippen LogP contribution in [0.5, 0.6) is 0 Å². The minimum absolute atomic E-state index is 0.168. The molecule has 5 atom stereocenters. The molecule has 2 nitrogen and oxygen atoms in total. The van der Waals surface area contributed by atoms with Gasteiger partial charge in [-0.15, -0.1) is 0 Å². The van der Waals surface area contributed by atoms with Gasteiger partial charge in [0.1, 0.15) is 0 Å². The second-order valence-corrected chi connectivity index (χ2v) is 6.67. The van der Waals surface area contributed by atoms with Gasteiger partial charge in [-0.2, -0.15) is 0 Å². The van der Waals surface area contributed by atoms with Crippen molar-refractivity contribution in [3.05, 3.63) is 0 Å². The van der Waals surface area contributed by atoms with E-state index in [0.717, 1.165) is 17.8 Å². The van der Waals surface area contributed by atoms with Crippen molar-refractivity contribution in [2.45, 2.75) is 71.1 Å². The van der Waals surface area contributed by atoms with Gasteiger partial charge in [-0.05, 0) is 64.7 Å². The maximum Gasteiger partial charge on any atom is 0.0741 e. The Kier molecular flexibility index (Phi) is 3.33. The number of hydrogen-bond acceptors (Lipinski definition) is 2. The molecule has 0 spiro atoms. The van der Waals surface area contributed by atoms with Crippen LogP contribution in [0.4, 0.5) is 0 Å². The first-order valence-electron chi connectivity index (χ1n) is 6.86. The number of rotatable bonds is 4. The van der Waals surface area contributed by atoms with E-state index in [-0.39, 0.29) is 6.04 Å². The van der Waals surface area contributed by atoms with Crippen LogP contribution in [0, 0.1) is 17.8 Å². The summed E-state index contributed by atoms with van der Waals surface area (Å²) in [5.74, 6) is 2.82. The molecule has 16 heavy (non-hydrogen) atoms. The molecule has 2 heteroatoms. The Morgan fingerprint density at radius 1 is 1.19 bits per heavy atom. The third kappa shape index (κ3) is 2.43. The maximum absolute atomic E-state index is 9.95. The summed E-state index contributed by atoms with van der Waals surface area (Å²) >= 11 is 0. The van der Waals surface area contributed by atoms with Crippen molar-refractivity contribution < 1.29 is 5.11 Å². The highest BCUT2D eigenvalue weighted by Gasteiger charge is 2.42. The molecule has 0 radical (unpaired) electrons. The Morgan fingerprint density at radius 2 is 1.88 bits per heavy atom. The Hall–Kier alpha value is -0.0800. The van der Waals surface area contributed by atoms with Gasteiger partial charge in [-0.3, -0.25) is 0 Å². The number of aliphatic hydroxyl groups is 1. The van der Waals surface area contributed by atoms with Gasteiger partial charge in [-0.25, -0.2) is 0 Å². The number of fused-ring (bicyclic) bond motifs is 2. The molecule has 2 fully saturated rings. The van der Waals surface area contributed by atoms with E-state index in [1.807, 2.05) is 13.8 Å². The summed E-state index contributed by atoms with van der Waals surface area (Å²) in [6.07, 6.45) is 5.79. The Morgan fingerprint density at radius 3 is 2.31 bits per heavy atom. The van der Waals surface area contributed by atoms with Gasteiger partial charge in [0, 0.05) is 12.1 Å². The summed E-state index contributed by atoms with van der Waals surface area (Å²) in [6, 6.07) is 0.721. The summed E-state index contributed by atoms with van der Waals surface area (Å²) < 4.78 is 0. The fourth-order valence-corrected chi connectivity index (χ4v) is 3.63. The lowest BCUT2D eigenvalue weighted by Gasteiger charge is -2.35. The van der Waals surface area contributed by atoms with E-state index in [1.165, 1.54) is 25.7 Å². The summed E-state index contributed by atoms with van der Waals surface area (Å²) in [4.78, 5) is 0. The molecule has 2 N–H and O–H groups in total. The quantitative estimate of drug-likeness (QED) is 0.770. The minimum Gasteiger partial charge on any atom is -0.389 e. The first-order valence-corrected chi connectivity index (χ1v) is 6.86. The van der Waals surface area contributed by atoms with Crippen LogP contribution in [0.1, 0.15) is 53.4 Å². The van der Waals surface area contributed by atoms with E-state index < -0.39 is 5.60 Å². The predicted molar refractivity (Wildman–Crippen MR) is 67.3 cm³/mol. The summed E-state index contributed by atoms with van der Waals surface area (Å²) in [5, 5.41) is 13.5. The van der Waals surface area contributed by atoms with Crippen LogP contribution in [0.3, 0.4) is 0 Å². The van der Waals surface area contributed by atoms with Gasteiger partial charge >= 0.3 is 0 Å². The van der Waals surface area contributed by atoms with Crippen LogP contribution in [0.25, 0.3) is 0 Å². The van der Waals surface area contributed by atoms with Gasteiger partial charge in [0.15, 0.2) is 0 Å². The van der Waals surface area contributed by atoms with Gasteiger partial charge < -0.3 is 10.4 Å². The van der Waals surface area contributed by atoms with Crippen molar-refractivity contribution in [2.75, 3.05) is 0 Å². The zero-order chi connectivity index (χ0) is 11.9. The molecule has 2 bridgehead atoms. The van der Waals surface area contributed by atoms with Gasteiger partial charge in [0.2, 0.25) is 0 Å². The highest BCUT2D eigenvalue weighted by molar-refractivity contribution is 4.95. The van der Waals surface area contributed by atoms with Crippen molar-refractivity contribution >= 4 is 0 Å². The third-order valence-corrected chi connectivity index (χ3v) is 5.01. The first-order chi connectivity index (χ1) is 7.38. The second-order valence-electron chi connectivity index (χ2n) is 6.67. The molecule has 0 aliphatic heterocycles. The van der Waals surface area contributed by atoms with Crippen LogP contribution in [0.15, 0.2) is 0 Å². The first kappa shape index (κ1) is 12.4. The molecule has 2 aliphatic carbocycles. The molecule has 0 aromatic rings. The zero-order valence-electron chi connectivity index (χ0n) is 11.2. The molecule has 5 unspecified atom stereocenters. The molecule has 0 amide bonds. The lowest BCUT2D eigenvalue weighted by molar-refractivity contribution is 0.0354. The second kappa shape index (κ2) is 4.30. The molecule has 2 rings (SSSR count). The lowest BCUT2D eigenvalue weighted by Crippen LogP contribution is -2.50. The average Bonchev–Trinajstić information content (AvgIpc) is 2.76. The highest BCUT2D eigenvalue weighted by atomic mass is 16.3. The standard InChI is InChI=1S/C14H27NO/c1-9(15-10(2)14(3,4)16)13-8-11-5-6-12(13)7-11/h9-13,15-16H,5-8H2,1-4H3. The molecular formula is C14H27NO. The van der Waals surface area contributed by atoms with E-state index >= 15 is 0 Å². The monoisotopic (exact) mass is 225 g/mol. The van der Waals surface area contributed by atoms with Crippen LogP contribution in [0.2, 0.25) is 0 Å². The summed E-state index contributed by atoms with van der Waals surface area (Å²) in [6.45, 7) is 8.16. The largest absolute Gasteiger partial charge is 0.389 e. The van der Waals surface area contributed by atoms with Crippen LogP contribution < -0.4 is 5.32 Å². The predicted octanol–water partition coefficient (Wildman–Crippen LogP) is 2.56. The minimum atomic E-state index is -0.619. The van der Waals surface area contributed by atoms with Crippen molar-refractivity contribution in [1.82, 2.24) is 5.32 Å². The fourth-order valence-electron chi connectivity index (χ4n) is 3.63. The molecule has 0 heterocycles. The van der Waals surface area contributed by atoms with Crippen LogP contribution >= 0.6 is 0 Å². The maximum atomic E-state index is 9.95. The zero-order valence-corrected chi connectivity index (χ0v) is 11.2.